The molecule has 1 aromatic carbocycles. The number of rotatable bonds is 4. The third-order valence-corrected chi connectivity index (χ3v) is 3.20. The van der Waals surface area contributed by atoms with Crippen LogP contribution in [-0.2, 0) is 17.1 Å². The second kappa shape index (κ2) is 7.82. The number of alkyl halides is 6. The summed E-state index contributed by atoms with van der Waals surface area (Å²) in [5.41, 5.74) is -3.67. The summed E-state index contributed by atoms with van der Waals surface area (Å²) in [6, 6.07) is 0.817. The maximum Gasteiger partial charge on any atom is 0.416 e. The van der Waals surface area contributed by atoms with Crippen molar-refractivity contribution >= 4 is 28.8 Å². The molecular formula is C14H14F6N2OS. The van der Waals surface area contributed by atoms with Crippen LogP contribution >= 0.6 is 12.2 Å². The summed E-state index contributed by atoms with van der Waals surface area (Å²) in [5, 5.41) is 4.52. The largest absolute Gasteiger partial charge is 0.416 e. The monoisotopic (exact) mass is 372 g/mol. The number of amides is 1. The lowest BCUT2D eigenvalue weighted by Crippen LogP contribution is -2.34. The predicted molar refractivity (Wildman–Crippen MR) is 80.6 cm³/mol. The maximum atomic E-state index is 12.7. The zero-order valence-corrected chi connectivity index (χ0v) is 13.3. The van der Waals surface area contributed by atoms with Gasteiger partial charge in [0.2, 0.25) is 0 Å². The van der Waals surface area contributed by atoms with Crippen molar-refractivity contribution in [1.82, 2.24) is 5.32 Å². The average Bonchev–Trinajstić information content (AvgIpc) is 2.45. The van der Waals surface area contributed by atoms with Crippen LogP contribution in [0.25, 0.3) is 0 Å². The van der Waals surface area contributed by atoms with Gasteiger partial charge in [0.05, 0.1) is 11.1 Å². The fourth-order valence-corrected chi connectivity index (χ4v) is 1.83. The molecule has 24 heavy (non-hydrogen) atoms. The molecule has 0 radical (unpaired) electrons. The Labute approximate surface area is 139 Å². The minimum atomic E-state index is -4.99. The van der Waals surface area contributed by atoms with Gasteiger partial charge in [-0.15, -0.1) is 0 Å². The number of hydrogen-bond acceptors (Lipinski definition) is 2. The van der Waals surface area contributed by atoms with Crippen molar-refractivity contribution in [3.8, 4) is 0 Å². The molecule has 0 bridgehead atoms. The van der Waals surface area contributed by atoms with Gasteiger partial charge in [0, 0.05) is 12.2 Å². The van der Waals surface area contributed by atoms with Crippen LogP contribution in [0.4, 0.5) is 32.0 Å². The molecule has 0 atom stereocenters. The number of hydrogen-bond donors (Lipinski definition) is 2. The smallest absolute Gasteiger partial charge is 0.372 e. The van der Waals surface area contributed by atoms with Crippen LogP contribution < -0.4 is 10.6 Å². The second-order valence-corrected chi connectivity index (χ2v) is 5.27. The molecule has 0 saturated carbocycles. The van der Waals surface area contributed by atoms with Gasteiger partial charge in [-0.3, -0.25) is 4.79 Å². The average molecular weight is 372 g/mol. The predicted octanol–water partition coefficient (Wildman–Crippen LogP) is 4.38. The van der Waals surface area contributed by atoms with Gasteiger partial charge in [-0.05, 0) is 24.6 Å². The topological polar surface area (TPSA) is 41.1 Å². The van der Waals surface area contributed by atoms with Crippen LogP contribution in [0.3, 0.4) is 0 Å². The summed E-state index contributed by atoms with van der Waals surface area (Å²) in [6.07, 6.45) is -8.45. The van der Waals surface area contributed by atoms with Crippen LogP contribution in [0, 0.1) is 0 Å². The van der Waals surface area contributed by atoms with E-state index in [2.05, 4.69) is 5.32 Å². The van der Waals surface area contributed by atoms with Crippen molar-refractivity contribution in [1.29, 1.82) is 0 Å². The molecule has 0 aromatic heterocycles. The van der Waals surface area contributed by atoms with E-state index in [1.165, 1.54) is 0 Å². The Morgan fingerprint density at radius 1 is 1.04 bits per heavy atom. The highest BCUT2D eigenvalue weighted by atomic mass is 32.1. The minimum absolute atomic E-state index is 0.0204. The minimum Gasteiger partial charge on any atom is -0.372 e. The van der Waals surface area contributed by atoms with Crippen LogP contribution in [0.2, 0.25) is 0 Å². The molecule has 1 amide bonds. The molecule has 134 valence electrons. The first-order valence-corrected chi connectivity index (χ1v) is 7.24. The molecule has 0 aliphatic carbocycles. The Hall–Kier alpha value is -1.84. The van der Waals surface area contributed by atoms with Gasteiger partial charge in [0.1, 0.15) is 0 Å². The molecule has 10 heteroatoms. The van der Waals surface area contributed by atoms with Gasteiger partial charge in [-0.1, -0.05) is 25.6 Å². The first kappa shape index (κ1) is 20.2. The molecule has 0 aliphatic rings. The first-order valence-electron chi connectivity index (χ1n) is 6.83. The van der Waals surface area contributed by atoms with Gasteiger partial charge in [0.15, 0.2) is 4.99 Å². The summed E-state index contributed by atoms with van der Waals surface area (Å²) in [4.78, 5) is 11.4. The third kappa shape index (κ3) is 5.99. The van der Waals surface area contributed by atoms with E-state index in [9.17, 15) is 31.1 Å². The number of carbonyl (C=O) groups is 1. The summed E-state index contributed by atoms with van der Waals surface area (Å²) >= 11 is 4.73. The molecule has 0 spiro atoms. The van der Waals surface area contributed by atoms with Crippen molar-refractivity contribution in [3.63, 3.8) is 0 Å². The lowest BCUT2D eigenvalue weighted by atomic mass is 10.1. The fourth-order valence-electron chi connectivity index (χ4n) is 1.67. The Morgan fingerprint density at radius 2 is 1.54 bits per heavy atom. The summed E-state index contributed by atoms with van der Waals surface area (Å²) < 4.78 is 76.3. The molecule has 3 nitrogen and oxygen atoms in total. The number of halogens is 6. The van der Waals surface area contributed by atoms with E-state index in [-0.39, 0.29) is 11.1 Å². The van der Waals surface area contributed by atoms with E-state index in [1.807, 2.05) is 12.2 Å². The molecule has 0 unspecified atom stereocenters. The van der Waals surface area contributed by atoms with Gasteiger partial charge in [0.25, 0.3) is 5.91 Å². The number of anilines is 1. The number of benzene rings is 1. The molecule has 1 aromatic rings. The molecular weight excluding hydrogens is 358 g/mol. The Bertz CT molecular complexity index is 580. The quantitative estimate of drug-likeness (QED) is 0.468. The van der Waals surface area contributed by atoms with Gasteiger partial charge in [-0.25, -0.2) is 0 Å². The molecule has 0 fully saturated rings. The van der Waals surface area contributed by atoms with E-state index in [4.69, 9.17) is 12.2 Å². The lowest BCUT2D eigenvalue weighted by Gasteiger charge is -2.15. The molecule has 0 aliphatic heterocycles. The van der Waals surface area contributed by atoms with E-state index >= 15 is 0 Å². The highest BCUT2D eigenvalue weighted by Crippen LogP contribution is 2.37. The van der Waals surface area contributed by atoms with Gasteiger partial charge >= 0.3 is 12.4 Å². The Morgan fingerprint density at radius 3 is 1.96 bits per heavy atom. The van der Waals surface area contributed by atoms with E-state index in [0.717, 1.165) is 6.42 Å². The molecule has 2 N–H and O–H groups in total. The van der Waals surface area contributed by atoms with Crippen LogP contribution in [0.1, 0.15) is 30.9 Å². The second-order valence-electron chi connectivity index (χ2n) is 4.86. The Balaban J connectivity index is 3.02. The SMILES string of the molecule is CCCCNC(=S)C(=O)Nc1cc(C(F)(F)F)cc(C(F)(F)F)c1. The normalized spacial score (nSPS) is 12.0. The van der Waals surface area contributed by atoms with Crippen molar-refractivity contribution in [2.75, 3.05) is 11.9 Å². The molecule has 1 rings (SSSR count). The maximum absolute atomic E-state index is 12.7. The lowest BCUT2D eigenvalue weighted by molar-refractivity contribution is -0.143. The van der Waals surface area contributed by atoms with Gasteiger partial charge in [-0.2, -0.15) is 26.3 Å². The van der Waals surface area contributed by atoms with Crippen molar-refractivity contribution in [2.24, 2.45) is 0 Å². The number of thiocarbonyl (C=S) groups is 1. The summed E-state index contributed by atoms with van der Waals surface area (Å²) in [6.45, 7) is 2.27. The van der Waals surface area contributed by atoms with Crippen LogP contribution in [-0.4, -0.2) is 17.4 Å². The summed E-state index contributed by atoms with van der Waals surface area (Å²) in [5.74, 6) is -0.978. The van der Waals surface area contributed by atoms with Crippen molar-refractivity contribution in [2.45, 2.75) is 32.1 Å². The summed E-state index contributed by atoms with van der Waals surface area (Å²) in [7, 11) is 0. The zero-order chi connectivity index (χ0) is 18.5. The third-order valence-electron chi connectivity index (χ3n) is 2.87. The highest BCUT2D eigenvalue weighted by Gasteiger charge is 2.37. The van der Waals surface area contributed by atoms with E-state index < -0.39 is 35.1 Å². The fraction of sp³-hybridized carbons (Fsp3) is 0.429. The van der Waals surface area contributed by atoms with E-state index in [1.54, 1.807) is 0 Å². The van der Waals surface area contributed by atoms with Crippen LogP contribution in [0.15, 0.2) is 18.2 Å². The molecule has 0 heterocycles. The number of nitrogens with one attached hydrogen (secondary N) is 2. The Kier molecular flexibility index (Phi) is 6.58. The first-order chi connectivity index (χ1) is 10.9. The van der Waals surface area contributed by atoms with Crippen LogP contribution in [0.5, 0.6) is 0 Å². The van der Waals surface area contributed by atoms with Gasteiger partial charge < -0.3 is 10.6 Å². The standard InChI is InChI=1S/C14H14F6N2OS/c1-2-3-4-21-12(24)11(23)22-10-6-8(13(15,16)17)5-9(7-10)14(18,19)20/h5-7H,2-4H2,1H3,(H,21,24)(H,22,23). The van der Waals surface area contributed by atoms with Crippen molar-refractivity contribution in [3.05, 3.63) is 29.3 Å². The van der Waals surface area contributed by atoms with E-state index in [0.29, 0.717) is 25.1 Å². The number of unbranched alkanes of at least 4 members (excludes halogenated alkanes) is 1. The van der Waals surface area contributed by atoms with Crippen molar-refractivity contribution < 1.29 is 31.1 Å². The molecule has 0 saturated heterocycles. The zero-order valence-electron chi connectivity index (χ0n) is 12.4. The highest BCUT2D eigenvalue weighted by molar-refractivity contribution is 7.82. The number of carbonyl (C=O) groups excluding carboxylic acids is 1.